The average Bonchev–Trinajstić information content (AvgIpc) is 2.95. The van der Waals surface area contributed by atoms with Gasteiger partial charge < -0.3 is 19.5 Å². The lowest BCUT2D eigenvalue weighted by Gasteiger charge is -2.18. The van der Waals surface area contributed by atoms with Crippen molar-refractivity contribution in [2.24, 2.45) is 4.99 Å². The van der Waals surface area contributed by atoms with Gasteiger partial charge in [-0.3, -0.25) is 4.79 Å². The molecule has 0 saturated carbocycles. The predicted molar refractivity (Wildman–Crippen MR) is 89.3 cm³/mol. The molecule has 122 valence electrons. The topological polar surface area (TPSA) is 69.2 Å². The minimum absolute atomic E-state index is 0.0736. The Morgan fingerprint density at radius 3 is 2.67 bits per heavy atom. The molecule has 2 aromatic rings. The number of para-hydroxylation sites is 2. The van der Waals surface area contributed by atoms with Crippen LogP contribution in [0.1, 0.15) is 11.7 Å². The second kappa shape index (κ2) is 5.56. The van der Waals surface area contributed by atoms with Crippen LogP contribution in [0, 0.1) is 0 Å². The van der Waals surface area contributed by atoms with Gasteiger partial charge in [0.05, 0.1) is 25.6 Å². The molecule has 6 heteroatoms. The van der Waals surface area contributed by atoms with Crippen molar-refractivity contribution in [2.45, 2.75) is 12.1 Å². The quantitative estimate of drug-likeness (QED) is 0.940. The van der Waals surface area contributed by atoms with Crippen LogP contribution >= 0.6 is 0 Å². The molecule has 4 rings (SSSR count). The fraction of sp³-hybridized carbons (Fsp3) is 0.222. The standard InChI is InChI=1S/C18H16N2O4/c1-22-13-8-7-10(9-14(13)23-2)17-16(21)15-18(24-17)20-12-6-4-3-5-11(12)19-15/h3-9,15,17,19H,1-2H3/t15-,17-/m0/s1. The molecule has 1 N–H and O–H groups in total. The van der Waals surface area contributed by atoms with Crippen LogP contribution in [0.3, 0.4) is 0 Å². The largest absolute Gasteiger partial charge is 0.493 e. The van der Waals surface area contributed by atoms with Gasteiger partial charge in [0, 0.05) is 5.56 Å². The van der Waals surface area contributed by atoms with Crippen molar-refractivity contribution in [3.05, 3.63) is 48.0 Å². The summed E-state index contributed by atoms with van der Waals surface area (Å²) in [7, 11) is 3.13. The van der Waals surface area contributed by atoms with Crippen molar-refractivity contribution < 1.29 is 19.0 Å². The summed E-state index contributed by atoms with van der Waals surface area (Å²) in [6.07, 6.45) is -0.713. The molecule has 1 saturated heterocycles. The minimum Gasteiger partial charge on any atom is -0.493 e. The summed E-state index contributed by atoms with van der Waals surface area (Å²) in [5.74, 6) is 1.49. The van der Waals surface area contributed by atoms with E-state index in [0.29, 0.717) is 23.0 Å². The number of fused-ring (bicyclic) bond motifs is 2. The third kappa shape index (κ3) is 2.19. The fourth-order valence-corrected chi connectivity index (χ4v) is 2.96. The first-order valence-electron chi connectivity index (χ1n) is 7.57. The molecule has 2 aliphatic heterocycles. The molecule has 2 aliphatic rings. The maximum atomic E-state index is 12.8. The molecule has 0 amide bonds. The van der Waals surface area contributed by atoms with E-state index in [4.69, 9.17) is 14.2 Å². The van der Waals surface area contributed by atoms with Crippen LogP contribution in [-0.4, -0.2) is 31.9 Å². The molecule has 2 atom stereocenters. The van der Waals surface area contributed by atoms with Crippen molar-refractivity contribution in [2.75, 3.05) is 19.5 Å². The minimum atomic E-state index is -0.713. The first-order chi connectivity index (χ1) is 11.7. The Hall–Kier alpha value is -3.02. The number of anilines is 1. The van der Waals surface area contributed by atoms with Crippen LogP contribution in [0.4, 0.5) is 11.4 Å². The maximum Gasteiger partial charge on any atom is 0.220 e. The van der Waals surface area contributed by atoms with Crippen molar-refractivity contribution in [3.8, 4) is 11.5 Å². The van der Waals surface area contributed by atoms with Crippen LogP contribution in [0.25, 0.3) is 0 Å². The summed E-state index contributed by atoms with van der Waals surface area (Å²) in [4.78, 5) is 17.2. The van der Waals surface area contributed by atoms with Gasteiger partial charge in [-0.1, -0.05) is 18.2 Å². The van der Waals surface area contributed by atoms with E-state index >= 15 is 0 Å². The van der Waals surface area contributed by atoms with Gasteiger partial charge >= 0.3 is 0 Å². The Labute approximate surface area is 139 Å². The Morgan fingerprint density at radius 2 is 1.88 bits per heavy atom. The third-order valence-corrected chi connectivity index (χ3v) is 4.17. The van der Waals surface area contributed by atoms with Crippen molar-refractivity contribution in [1.29, 1.82) is 0 Å². The van der Waals surface area contributed by atoms with Gasteiger partial charge in [0.2, 0.25) is 11.7 Å². The van der Waals surface area contributed by atoms with Crippen LogP contribution < -0.4 is 14.8 Å². The van der Waals surface area contributed by atoms with Gasteiger partial charge in [-0.05, 0) is 24.3 Å². The number of hydrogen-bond acceptors (Lipinski definition) is 6. The molecule has 0 unspecified atom stereocenters. The lowest BCUT2D eigenvalue weighted by molar-refractivity contribution is -0.122. The SMILES string of the molecule is COc1ccc([C@@H]2OC3=Nc4ccccc4N[C@H]3C2=O)cc1OC. The van der Waals surface area contributed by atoms with Crippen LogP contribution in [0.5, 0.6) is 11.5 Å². The summed E-state index contributed by atoms with van der Waals surface area (Å²) in [5, 5.41) is 3.20. The Bertz CT molecular complexity index is 847. The number of rotatable bonds is 3. The number of hydrogen-bond donors (Lipinski definition) is 1. The first kappa shape index (κ1) is 14.6. The summed E-state index contributed by atoms with van der Waals surface area (Å²) in [5.41, 5.74) is 2.31. The molecule has 0 radical (unpaired) electrons. The number of Topliss-reactive ketones (excluding diaryl/α,β-unsaturated/α-hetero) is 1. The predicted octanol–water partition coefficient (Wildman–Crippen LogP) is 2.87. The fourth-order valence-electron chi connectivity index (χ4n) is 2.96. The molecular weight excluding hydrogens is 308 g/mol. The average molecular weight is 324 g/mol. The molecule has 1 fully saturated rings. The number of nitrogens with one attached hydrogen (secondary N) is 1. The summed E-state index contributed by atoms with van der Waals surface area (Å²) >= 11 is 0. The van der Waals surface area contributed by atoms with Crippen molar-refractivity contribution in [1.82, 2.24) is 0 Å². The van der Waals surface area contributed by atoms with Gasteiger partial charge in [-0.15, -0.1) is 0 Å². The molecule has 0 aliphatic carbocycles. The van der Waals surface area contributed by atoms with E-state index < -0.39 is 12.1 Å². The molecule has 2 aromatic carbocycles. The second-order valence-electron chi connectivity index (χ2n) is 5.56. The third-order valence-electron chi connectivity index (χ3n) is 4.17. The van der Waals surface area contributed by atoms with E-state index in [1.807, 2.05) is 24.3 Å². The Balaban J connectivity index is 1.68. The summed E-state index contributed by atoms with van der Waals surface area (Å²) in [6.45, 7) is 0. The normalized spacial score (nSPS) is 21.1. The number of methoxy groups -OCH3 is 2. The van der Waals surface area contributed by atoms with Crippen LogP contribution in [0.15, 0.2) is 47.5 Å². The number of nitrogens with zero attached hydrogens (tertiary/aromatic N) is 1. The van der Waals surface area contributed by atoms with Gasteiger partial charge in [-0.25, -0.2) is 4.99 Å². The number of ketones is 1. The van der Waals surface area contributed by atoms with E-state index in [2.05, 4.69) is 10.3 Å². The Morgan fingerprint density at radius 1 is 1.08 bits per heavy atom. The highest BCUT2D eigenvalue weighted by Crippen LogP contribution is 2.39. The summed E-state index contributed by atoms with van der Waals surface area (Å²) < 4.78 is 16.4. The smallest absolute Gasteiger partial charge is 0.220 e. The van der Waals surface area contributed by atoms with E-state index in [9.17, 15) is 4.79 Å². The van der Waals surface area contributed by atoms with Crippen LogP contribution in [-0.2, 0) is 9.53 Å². The number of ether oxygens (including phenoxy) is 3. The zero-order valence-corrected chi connectivity index (χ0v) is 13.3. The number of carbonyl (C=O) groups excluding carboxylic acids is 1. The lowest BCUT2D eigenvalue weighted by Crippen LogP contribution is -2.33. The monoisotopic (exact) mass is 324 g/mol. The van der Waals surface area contributed by atoms with Crippen LogP contribution in [0.2, 0.25) is 0 Å². The number of carbonyl (C=O) groups is 1. The zero-order valence-electron chi connectivity index (χ0n) is 13.3. The van der Waals surface area contributed by atoms with Gasteiger partial charge in [0.1, 0.15) is 0 Å². The molecule has 24 heavy (non-hydrogen) atoms. The highest BCUT2D eigenvalue weighted by atomic mass is 16.5. The molecule has 0 aromatic heterocycles. The number of aliphatic imine (C=N–C) groups is 1. The number of benzene rings is 2. The first-order valence-corrected chi connectivity index (χ1v) is 7.57. The lowest BCUT2D eigenvalue weighted by atomic mass is 10.0. The molecule has 6 nitrogen and oxygen atoms in total. The molecular formula is C18H16N2O4. The second-order valence-corrected chi connectivity index (χ2v) is 5.56. The van der Waals surface area contributed by atoms with Crippen molar-refractivity contribution in [3.63, 3.8) is 0 Å². The van der Waals surface area contributed by atoms with Gasteiger partial charge in [-0.2, -0.15) is 0 Å². The van der Waals surface area contributed by atoms with Gasteiger partial charge in [0.25, 0.3) is 0 Å². The molecule has 2 heterocycles. The zero-order chi connectivity index (χ0) is 16.7. The molecule has 0 bridgehead atoms. The molecule has 0 spiro atoms. The summed E-state index contributed by atoms with van der Waals surface area (Å²) in [6, 6.07) is 12.3. The maximum absolute atomic E-state index is 12.8. The Kier molecular flexibility index (Phi) is 3.37. The highest BCUT2D eigenvalue weighted by Gasteiger charge is 2.44. The van der Waals surface area contributed by atoms with E-state index in [1.165, 1.54) is 0 Å². The highest BCUT2D eigenvalue weighted by molar-refractivity contribution is 6.16. The van der Waals surface area contributed by atoms with E-state index in [0.717, 1.165) is 11.4 Å². The van der Waals surface area contributed by atoms with E-state index in [1.54, 1.807) is 32.4 Å². The van der Waals surface area contributed by atoms with Gasteiger partial charge in [0.15, 0.2) is 23.6 Å². The van der Waals surface area contributed by atoms with Crippen molar-refractivity contribution >= 4 is 23.1 Å². The van der Waals surface area contributed by atoms with E-state index in [-0.39, 0.29) is 5.78 Å².